The van der Waals surface area contributed by atoms with Crippen LogP contribution in [0.15, 0.2) is 48.7 Å². The summed E-state index contributed by atoms with van der Waals surface area (Å²) >= 11 is 0. The molecule has 0 unspecified atom stereocenters. The van der Waals surface area contributed by atoms with Crippen LogP contribution in [-0.2, 0) is 25.9 Å². The average molecular weight is 362 g/mol. The molecule has 3 aromatic rings. The van der Waals surface area contributed by atoms with E-state index in [-0.39, 0.29) is 5.82 Å². The van der Waals surface area contributed by atoms with E-state index in [4.69, 9.17) is 9.97 Å². The minimum absolute atomic E-state index is 0.230. The van der Waals surface area contributed by atoms with Crippen molar-refractivity contribution < 1.29 is 4.39 Å². The molecule has 0 saturated heterocycles. The van der Waals surface area contributed by atoms with Gasteiger partial charge in [0.05, 0.1) is 11.4 Å². The lowest BCUT2D eigenvalue weighted by molar-refractivity contribution is 0.240. The Hall–Kier alpha value is -2.66. The van der Waals surface area contributed by atoms with Gasteiger partial charge in [-0.1, -0.05) is 13.0 Å². The second-order valence-corrected chi connectivity index (χ2v) is 6.99. The molecule has 1 aliphatic heterocycles. The molecule has 0 spiro atoms. The summed E-state index contributed by atoms with van der Waals surface area (Å²) in [7, 11) is 0. The summed E-state index contributed by atoms with van der Waals surface area (Å²) in [6.07, 6.45) is 4.95. The Morgan fingerprint density at radius 1 is 1.07 bits per heavy atom. The van der Waals surface area contributed by atoms with E-state index in [0.29, 0.717) is 0 Å². The van der Waals surface area contributed by atoms with E-state index >= 15 is 0 Å². The van der Waals surface area contributed by atoms with Gasteiger partial charge in [-0.25, -0.2) is 14.4 Å². The molecule has 27 heavy (non-hydrogen) atoms. The molecule has 5 heteroatoms. The predicted molar refractivity (Wildman–Crippen MR) is 103 cm³/mol. The van der Waals surface area contributed by atoms with E-state index in [1.54, 1.807) is 12.1 Å². The maximum absolute atomic E-state index is 13.1. The van der Waals surface area contributed by atoms with E-state index in [9.17, 15) is 4.39 Å². The van der Waals surface area contributed by atoms with Crippen LogP contribution in [-0.4, -0.2) is 26.4 Å². The molecule has 1 aromatic carbocycles. The lowest BCUT2D eigenvalue weighted by atomic mass is 10.1. The van der Waals surface area contributed by atoms with Gasteiger partial charge in [-0.2, -0.15) is 0 Å². The molecule has 0 fully saturated rings. The zero-order valence-corrected chi connectivity index (χ0v) is 15.5. The molecule has 0 bridgehead atoms. The fraction of sp³-hybridized carbons (Fsp3) is 0.318. The first-order valence-electron chi connectivity index (χ1n) is 9.49. The highest BCUT2D eigenvalue weighted by molar-refractivity contribution is 5.58. The summed E-state index contributed by atoms with van der Waals surface area (Å²) in [5.41, 5.74) is 5.23. The van der Waals surface area contributed by atoms with E-state index in [1.165, 1.54) is 23.4 Å². The third-order valence-corrected chi connectivity index (χ3v) is 4.87. The molecule has 0 radical (unpaired) electrons. The van der Waals surface area contributed by atoms with Gasteiger partial charge in [0, 0.05) is 55.5 Å². The van der Waals surface area contributed by atoms with Crippen LogP contribution in [0.5, 0.6) is 0 Å². The molecule has 0 atom stereocenters. The normalized spacial score (nSPS) is 14.1. The van der Waals surface area contributed by atoms with Crippen molar-refractivity contribution in [1.29, 1.82) is 0 Å². The predicted octanol–water partition coefficient (Wildman–Crippen LogP) is 4.19. The zero-order valence-electron chi connectivity index (χ0n) is 15.5. The van der Waals surface area contributed by atoms with Crippen molar-refractivity contribution in [2.45, 2.75) is 39.3 Å². The Morgan fingerprint density at radius 2 is 1.93 bits per heavy atom. The van der Waals surface area contributed by atoms with Crippen molar-refractivity contribution in [2.24, 2.45) is 0 Å². The van der Waals surface area contributed by atoms with Crippen LogP contribution in [0.4, 0.5) is 4.39 Å². The van der Waals surface area contributed by atoms with E-state index in [2.05, 4.69) is 16.8 Å². The van der Waals surface area contributed by atoms with Crippen LogP contribution in [0.3, 0.4) is 0 Å². The van der Waals surface area contributed by atoms with Gasteiger partial charge < -0.3 is 0 Å². The van der Waals surface area contributed by atoms with Crippen molar-refractivity contribution in [1.82, 2.24) is 19.9 Å². The molecule has 0 amide bonds. The van der Waals surface area contributed by atoms with Crippen molar-refractivity contribution in [2.75, 3.05) is 6.54 Å². The van der Waals surface area contributed by atoms with Crippen LogP contribution in [0.2, 0.25) is 0 Å². The number of fused-ring (bicyclic) bond motifs is 1. The van der Waals surface area contributed by atoms with Crippen molar-refractivity contribution in [3.05, 3.63) is 77.3 Å². The Bertz CT molecular complexity index is 924. The molecular formula is C22H23FN4. The number of hydrogen-bond acceptors (Lipinski definition) is 4. The second kappa shape index (κ2) is 7.92. The summed E-state index contributed by atoms with van der Waals surface area (Å²) < 4.78 is 13.1. The lowest BCUT2D eigenvalue weighted by Gasteiger charge is -2.27. The Kier molecular flexibility index (Phi) is 5.21. The first-order chi connectivity index (χ1) is 13.2. The fourth-order valence-electron chi connectivity index (χ4n) is 3.47. The maximum Gasteiger partial charge on any atom is 0.128 e. The SMILES string of the molecule is CCCc1ncc2c(n1)CCN(Cc1cccc(-c3ccc(F)cc3)n1)C2. The standard InChI is InChI=1S/C22H23FN4/c1-2-4-22-24-13-17-14-27(12-11-21(17)26-22)15-19-5-3-6-20(25-19)16-7-9-18(23)10-8-16/h3,5-10,13H,2,4,11-12,14-15H2,1H3. The molecule has 3 heterocycles. The molecule has 4 rings (SSSR count). The largest absolute Gasteiger partial charge is 0.293 e. The van der Waals surface area contributed by atoms with E-state index < -0.39 is 0 Å². The monoisotopic (exact) mass is 362 g/mol. The second-order valence-electron chi connectivity index (χ2n) is 6.99. The molecular weight excluding hydrogens is 339 g/mol. The summed E-state index contributed by atoms with van der Waals surface area (Å²) in [5.74, 6) is 0.726. The number of nitrogens with zero attached hydrogens (tertiary/aromatic N) is 4. The van der Waals surface area contributed by atoms with Crippen LogP contribution in [0.1, 0.15) is 36.1 Å². The van der Waals surface area contributed by atoms with Crippen LogP contribution in [0, 0.1) is 5.82 Å². The Labute approximate surface area is 159 Å². The van der Waals surface area contributed by atoms with Crippen LogP contribution >= 0.6 is 0 Å². The Morgan fingerprint density at radius 3 is 2.74 bits per heavy atom. The van der Waals surface area contributed by atoms with Gasteiger partial charge in [-0.15, -0.1) is 0 Å². The minimum atomic E-state index is -0.230. The maximum atomic E-state index is 13.1. The van der Waals surface area contributed by atoms with Crippen LogP contribution in [0.25, 0.3) is 11.3 Å². The molecule has 138 valence electrons. The highest BCUT2D eigenvalue weighted by Gasteiger charge is 2.19. The van der Waals surface area contributed by atoms with Crippen molar-refractivity contribution >= 4 is 0 Å². The van der Waals surface area contributed by atoms with E-state index in [0.717, 1.165) is 61.7 Å². The quantitative estimate of drug-likeness (QED) is 0.683. The fourth-order valence-corrected chi connectivity index (χ4v) is 3.47. The average Bonchev–Trinajstić information content (AvgIpc) is 2.69. The van der Waals surface area contributed by atoms with Crippen molar-refractivity contribution in [3.8, 4) is 11.3 Å². The number of pyridine rings is 1. The molecule has 0 aliphatic carbocycles. The van der Waals surface area contributed by atoms with Gasteiger partial charge in [-0.3, -0.25) is 9.88 Å². The number of aromatic nitrogens is 3. The minimum Gasteiger partial charge on any atom is -0.293 e. The summed E-state index contributed by atoms with van der Waals surface area (Å²) in [6.45, 7) is 4.75. The number of benzene rings is 1. The lowest BCUT2D eigenvalue weighted by Crippen LogP contribution is -2.31. The van der Waals surface area contributed by atoms with Gasteiger partial charge in [0.15, 0.2) is 0 Å². The molecule has 0 N–H and O–H groups in total. The highest BCUT2D eigenvalue weighted by atomic mass is 19.1. The van der Waals surface area contributed by atoms with E-state index in [1.807, 2.05) is 24.4 Å². The van der Waals surface area contributed by atoms with Gasteiger partial charge in [0.2, 0.25) is 0 Å². The number of rotatable bonds is 5. The summed E-state index contributed by atoms with van der Waals surface area (Å²) in [5, 5.41) is 0. The first-order valence-corrected chi connectivity index (χ1v) is 9.49. The van der Waals surface area contributed by atoms with Gasteiger partial charge in [-0.05, 0) is 42.8 Å². The molecule has 4 nitrogen and oxygen atoms in total. The third-order valence-electron chi connectivity index (χ3n) is 4.87. The number of hydrogen-bond donors (Lipinski definition) is 0. The number of halogens is 1. The third kappa shape index (κ3) is 4.19. The van der Waals surface area contributed by atoms with Gasteiger partial charge in [0.25, 0.3) is 0 Å². The highest BCUT2D eigenvalue weighted by Crippen LogP contribution is 2.21. The molecule has 0 saturated carbocycles. The topological polar surface area (TPSA) is 41.9 Å². The first kappa shape index (κ1) is 17.7. The van der Waals surface area contributed by atoms with Crippen LogP contribution < -0.4 is 0 Å². The van der Waals surface area contributed by atoms with Gasteiger partial charge >= 0.3 is 0 Å². The zero-order chi connectivity index (χ0) is 18.6. The molecule has 1 aliphatic rings. The summed E-state index contributed by atoms with van der Waals surface area (Å²) in [4.78, 5) is 16.4. The smallest absolute Gasteiger partial charge is 0.128 e. The molecule has 2 aromatic heterocycles. The van der Waals surface area contributed by atoms with Crippen molar-refractivity contribution in [3.63, 3.8) is 0 Å². The Balaban J connectivity index is 1.47. The summed E-state index contributed by atoms with van der Waals surface area (Å²) in [6, 6.07) is 12.5. The van der Waals surface area contributed by atoms with Gasteiger partial charge in [0.1, 0.15) is 11.6 Å². The number of aryl methyl sites for hydroxylation is 1.